The van der Waals surface area contributed by atoms with E-state index in [0.717, 1.165) is 28.7 Å². The molecule has 2 aromatic carbocycles. The lowest BCUT2D eigenvalue weighted by atomic mass is 10.0. The molecule has 142 valence electrons. The van der Waals surface area contributed by atoms with Gasteiger partial charge in [-0.2, -0.15) is 0 Å². The lowest BCUT2D eigenvalue weighted by Crippen LogP contribution is -2.44. The second kappa shape index (κ2) is 8.38. The first-order valence-electron chi connectivity index (χ1n) is 9.70. The first-order valence-corrected chi connectivity index (χ1v) is 9.70. The predicted octanol–water partition coefficient (Wildman–Crippen LogP) is 3.96. The van der Waals surface area contributed by atoms with Crippen LogP contribution in [0.1, 0.15) is 46.8 Å². The third-order valence-electron chi connectivity index (χ3n) is 5.44. The molecule has 1 saturated heterocycles. The molecule has 0 bridgehead atoms. The summed E-state index contributed by atoms with van der Waals surface area (Å²) in [6.07, 6.45) is 1.20. The van der Waals surface area contributed by atoms with E-state index in [2.05, 4.69) is 6.92 Å². The Labute approximate surface area is 161 Å². The first kappa shape index (κ1) is 19.2. The van der Waals surface area contributed by atoms with Gasteiger partial charge in [0.25, 0.3) is 5.91 Å². The summed E-state index contributed by atoms with van der Waals surface area (Å²) in [5.41, 5.74) is 3.88. The summed E-state index contributed by atoms with van der Waals surface area (Å²) in [6, 6.07) is 16.0. The third-order valence-corrected chi connectivity index (χ3v) is 5.44. The van der Waals surface area contributed by atoms with Gasteiger partial charge in [-0.3, -0.25) is 9.59 Å². The number of hydrogen-bond donors (Lipinski definition) is 0. The van der Waals surface area contributed by atoms with Gasteiger partial charge in [0.05, 0.1) is 0 Å². The Morgan fingerprint density at radius 3 is 2.33 bits per heavy atom. The summed E-state index contributed by atoms with van der Waals surface area (Å²) < 4.78 is 0. The highest BCUT2D eigenvalue weighted by Crippen LogP contribution is 2.21. The van der Waals surface area contributed by atoms with Gasteiger partial charge >= 0.3 is 0 Å². The number of hydrogen-bond acceptors (Lipinski definition) is 2. The molecule has 4 heteroatoms. The molecule has 2 aromatic rings. The van der Waals surface area contributed by atoms with Crippen LogP contribution >= 0.6 is 0 Å². The van der Waals surface area contributed by atoms with Crippen LogP contribution in [0.5, 0.6) is 0 Å². The van der Waals surface area contributed by atoms with Crippen molar-refractivity contribution < 1.29 is 9.59 Å². The van der Waals surface area contributed by atoms with Crippen LogP contribution in [-0.2, 0) is 11.3 Å². The fourth-order valence-corrected chi connectivity index (χ4v) is 3.86. The third kappa shape index (κ3) is 4.21. The number of rotatable bonds is 4. The van der Waals surface area contributed by atoms with Crippen LogP contribution in [-0.4, -0.2) is 40.7 Å². The van der Waals surface area contributed by atoms with E-state index >= 15 is 0 Å². The molecule has 0 radical (unpaired) electrons. The summed E-state index contributed by atoms with van der Waals surface area (Å²) in [5, 5.41) is 0. The summed E-state index contributed by atoms with van der Waals surface area (Å²) in [5.74, 6) is 0.168. The molecular weight excluding hydrogens is 336 g/mol. The van der Waals surface area contributed by atoms with Crippen LogP contribution in [0.3, 0.4) is 0 Å². The molecule has 27 heavy (non-hydrogen) atoms. The Morgan fingerprint density at radius 2 is 1.70 bits per heavy atom. The standard InChI is InChI=1S/C23H28N2O2/c1-4-20-16-24(23(27)22-17(2)9-8-10-18(22)3)14-13-21(26)25(20)15-19-11-6-5-7-12-19/h5-12,20H,4,13-16H2,1-3H3/t20-/m1/s1. The van der Waals surface area contributed by atoms with Crippen molar-refractivity contribution in [2.75, 3.05) is 13.1 Å². The Bertz CT molecular complexity index is 796. The number of carbonyl (C=O) groups excluding carboxylic acids is 2. The van der Waals surface area contributed by atoms with Crippen molar-refractivity contribution in [2.24, 2.45) is 0 Å². The van der Waals surface area contributed by atoms with Gasteiger partial charge in [0.2, 0.25) is 5.91 Å². The van der Waals surface area contributed by atoms with Crippen molar-refractivity contribution in [3.63, 3.8) is 0 Å². The van der Waals surface area contributed by atoms with Crippen LogP contribution < -0.4 is 0 Å². The Kier molecular flexibility index (Phi) is 5.94. The Hall–Kier alpha value is -2.62. The highest BCUT2D eigenvalue weighted by Gasteiger charge is 2.31. The van der Waals surface area contributed by atoms with Gasteiger partial charge in [0.1, 0.15) is 0 Å². The minimum absolute atomic E-state index is 0.0356. The molecule has 3 rings (SSSR count). The lowest BCUT2D eigenvalue weighted by molar-refractivity contribution is -0.133. The van der Waals surface area contributed by atoms with E-state index in [1.54, 1.807) is 0 Å². The molecule has 0 spiro atoms. The quantitative estimate of drug-likeness (QED) is 0.824. The average molecular weight is 364 g/mol. The van der Waals surface area contributed by atoms with Crippen LogP contribution in [0.25, 0.3) is 0 Å². The second-order valence-corrected chi connectivity index (χ2v) is 7.34. The largest absolute Gasteiger partial charge is 0.336 e. The number of nitrogens with zero attached hydrogens (tertiary/aromatic N) is 2. The number of carbonyl (C=O) groups is 2. The van der Waals surface area contributed by atoms with E-state index in [1.807, 2.05) is 72.2 Å². The summed E-state index contributed by atoms with van der Waals surface area (Å²) >= 11 is 0. The van der Waals surface area contributed by atoms with Crippen molar-refractivity contribution in [3.8, 4) is 0 Å². The molecule has 1 aliphatic rings. The normalized spacial score (nSPS) is 17.7. The topological polar surface area (TPSA) is 40.6 Å². The maximum atomic E-state index is 13.2. The molecule has 0 saturated carbocycles. The van der Waals surface area contributed by atoms with Crippen molar-refractivity contribution in [3.05, 3.63) is 70.8 Å². The molecule has 0 N–H and O–H groups in total. The molecule has 4 nitrogen and oxygen atoms in total. The zero-order valence-electron chi connectivity index (χ0n) is 16.4. The average Bonchev–Trinajstić information content (AvgIpc) is 2.82. The van der Waals surface area contributed by atoms with Gasteiger partial charge < -0.3 is 9.80 Å². The van der Waals surface area contributed by atoms with Crippen LogP contribution in [0, 0.1) is 13.8 Å². The van der Waals surface area contributed by atoms with E-state index in [0.29, 0.717) is 26.1 Å². The molecule has 1 atom stereocenters. The number of amides is 2. The van der Waals surface area contributed by atoms with Crippen molar-refractivity contribution in [1.82, 2.24) is 9.80 Å². The van der Waals surface area contributed by atoms with Crippen LogP contribution in [0.2, 0.25) is 0 Å². The molecule has 0 aromatic heterocycles. The van der Waals surface area contributed by atoms with Gasteiger partial charge in [-0.05, 0) is 37.0 Å². The predicted molar refractivity (Wildman–Crippen MR) is 108 cm³/mol. The molecule has 0 aliphatic carbocycles. The number of benzene rings is 2. The smallest absolute Gasteiger partial charge is 0.254 e. The van der Waals surface area contributed by atoms with Gasteiger partial charge in [0, 0.05) is 37.7 Å². The monoisotopic (exact) mass is 364 g/mol. The molecule has 0 unspecified atom stereocenters. The summed E-state index contributed by atoms with van der Waals surface area (Å²) in [7, 11) is 0. The SMILES string of the molecule is CC[C@@H]1CN(C(=O)c2c(C)cccc2C)CCC(=O)N1Cc1ccccc1. The fraction of sp³-hybridized carbons (Fsp3) is 0.391. The minimum atomic E-state index is 0.0356. The summed E-state index contributed by atoms with van der Waals surface area (Å²) in [4.78, 5) is 29.9. The van der Waals surface area contributed by atoms with Crippen molar-refractivity contribution in [2.45, 2.75) is 46.2 Å². The van der Waals surface area contributed by atoms with Crippen LogP contribution in [0.4, 0.5) is 0 Å². The molecule has 2 amide bonds. The zero-order valence-corrected chi connectivity index (χ0v) is 16.4. The van der Waals surface area contributed by atoms with Gasteiger partial charge in [0.15, 0.2) is 0 Å². The van der Waals surface area contributed by atoms with E-state index in [4.69, 9.17) is 0 Å². The highest BCUT2D eigenvalue weighted by atomic mass is 16.2. The Balaban J connectivity index is 1.83. The molecule has 1 heterocycles. The zero-order chi connectivity index (χ0) is 19.4. The minimum Gasteiger partial charge on any atom is -0.336 e. The number of aryl methyl sites for hydroxylation is 2. The van der Waals surface area contributed by atoms with E-state index < -0.39 is 0 Å². The van der Waals surface area contributed by atoms with E-state index in [-0.39, 0.29) is 17.9 Å². The maximum absolute atomic E-state index is 13.2. The van der Waals surface area contributed by atoms with Crippen molar-refractivity contribution >= 4 is 11.8 Å². The fourth-order valence-electron chi connectivity index (χ4n) is 3.86. The second-order valence-electron chi connectivity index (χ2n) is 7.34. The van der Waals surface area contributed by atoms with Gasteiger partial charge in [-0.1, -0.05) is 55.5 Å². The summed E-state index contributed by atoms with van der Waals surface area (Å²) in [6.45, 7) is 7.70. The van der Waals surface area contributed by atoms with Gasteiger partial charge in [-0.25, -0.2) is 0 Å². The Morgan fingerprint density at radius 1 is 1.04 bits per heavy atom. The van der Waals surface area contributed by atoms with E-state index in [1.165, 1.54) is 0 Å². The van der Waals surface area contributed by atoms with E-state index in [9.17, 15) is 9.59 Å². The van der Waals surface area contributed by atoms with Crippen LogP contribution in [0.15, 0.2) is 48.5 Å². The first-order chi connectivity index (χ1) is 13.0. The van der Waals surface area contributed by atoms with Gasteiger partial charge in [-0.15, -0.1) is 0 Å². The molecular formula is C23H28N2O2. The maximum Gasteiger partial charge on any atom is 0.254 e. The van der Waals surface area contributed by atoms with Crippen molar-refractivity contribution in [1.29, 1.82) is 0 Å². The molecule has 1 aliphatic heterocycles. The lowest BCUT2D eigenvalue weighted by Gasteiger charge is -2.31. The highest BCUT2D eigenvalue weighted by molar-refractivity contribution is 5.97. The molecule has 1 fully saturated rings.